The van der Waals surface area contributed by atoms with Crippen LogP contribution < -0.4 is 0 Å². The summed E-state index contributed by atoms with van der Waals surface area (Å²) in [5.74, 6) is 0. The molecule has 1 unspecified atom stereocenters. The van der Waals surface area contributed by atoms with Crippen molar-refractivity contribution in [2.24, 2.45) is 0 Å². The molecule has 1 atom stereocenters. The highest BCUT2D eigenvalue weighted by molar-refractivity contribution is 9.10. The van der Waals surface area contributed by atoms with Gasteiger partial charge in [-0.25, -0.2) is 0 Å². The Kier molecular flexibility index (Phi) is 3.69. The Labute approximate surface area is 124 Å². The van der Waals surface area contributed by atoms with E-state index in [0.717, 1.165) is 21.0 Å². The maximum atomic E-state index is 10.4. The van der Waals surface area contributed by atoms with Gasteiger partial charge in [-0.1, -0.05) is 46.3 Å². The molecule has 1 nitrogen and oxygen atoms in total. The topological polar surface area (TPSA) is 20.2 Å². The van der Waals surface area contributed by atoms with E-state index < -0.39 is 6.10 Å². The van der Waals surface area contributed by atoms with Gasteiger partial charge >= 0.3 is 0 Å². The van der Waals surface area contributed by atoms with E-state index in [4.69, 9.17) is 0 Å². The Hall–Kier alpha value is -1.16. The lowest BCUT2D eigenvalue weighted by Crippen LogP contribution is -2.00. The van der Waals surface area contributed by atoms with Crippen LogP contribution >= 0.6 is 27.3 Å². The fourth-order valence-electron chi connectivity index (χ4n) is 2.21. The fourth-order valence-corrected chi connectivity index (χ4v) is 3.48. The zero-order valence-electron chi connectivity index (χ0n) is 10.2. The smallest absolute Gasteiger partial charge is 0.0844 e. The number of aliphatic hydroxyl groups is 1. The van der Waals surface area contributed by atoms with E-state index in [0.29, 0.717) is 6.42 Å². The monoisotopic (exact) mass is 332 g/mol. The lowest BCUT2D eigenvalue weighted by atomic mass is 10.0. The zero-order valence-corrected chi connectivity index (χ0v) is 12.6. The average molecular weight is 333 g/mol. The normalized spacial score (nSPS) is 12.7. The minimum atomic E-state index is -0.447. The van der Waals surface area contributed by atoms with Crippen LogP contribution in [0.2, 0.25) is 0 Å². The van der Waals surface area contributed by atoms with Gasteiger partial charge in [-0.3, -0.25) is 0 Å². The van der Waals surface area contributed by atoms with Crippen molar-refractivity contribution >= 4 is 37.4 Å². The Bertz CT molecular complexity index is 687. The summed E-state index contributed by atoms with van der Waals surface area (Å²) in [4.78, 5) is 0. The van der Waals surface area contributed by atoms with E-state index in [-0.39, 0.29) is 0 Å². The first-order valence-electron chi connectivity index (χ1n) is 6.12. The van der Waals surface area contributed by atoms with Crippen LogP contribution in [0.25, 0.3) is 10.1 Å². The Balaban J connectivity index is 1.87. The Morgan fingerprint density at radius 2 is 1.79 bits per heavy atom. The molecule has 0 aliphatic heterocycles. The van der Waals surface area contributed by atoms with Crippen LogP contribution in [0.4, 0.5) is 0 Å². The van der Waals surface area contributed by atoms with Crippen molar-refractivity contribution in [1.29, 1.82) is 0 Å². The fraction of sp³-hybridized carbons (Fsp3) is 0.125. The molecule has 19 heavy (non-hydrogen) atoms. The van der Waals surface area contributed by atoms with Gasteiger partial charge in [0.05, 0.1) is 6.10 Å². The summed E-state index contributed by atoms with van der Waals surface area (Å²) in [7, 11) is 0. The highest BCUT2D eigenvalue weighted by Crippen LogP contribution is 2.31. The van der Waals surface area contributed by atoms with Crippen LogP contribution in [0.5, 0.6) is 0 Å². The van der Waals surface area contributed by atoms with Gasteiger partial charge in [-0.2, -0.15) is 0 Å². The Morgan fingerprint density at radius 1 is 1.05 bits per heavy atom. The summed E-state index contributed by atoms with van der Waals surface area (Å²) in [6.07, 6.45) is 0.200. The molecule has 0 bridgehead atoms. The van der Waals surface area contributed by atoms with Crippen molar-refractivity contribution in [2.45, 2.75) is 12.5 Å². The van der Waals surface area contributed by atoms with Crippen molar-refractivity contribution in [1.82, 2.24) is 0 Å². The predicted octanol–water partition coefficient (Wildman–Crippen LogP) is 4.94. The predicted molar refractivity (Wildman–Crippen MR) is 84.6 cm³/mol. The molecule has 1 aromatic heterocycles. The van der Waals surface area contributed by atoms with Crippen LogP contribution in [-0.4, -0.2) is 5.11 Å². The number of rotatable bonds is 3. The Morgan fingerprint density at radius 3 is 2.58 bits per heavy atom. The van der Waals surface area contributed by atoms with Crippen LogP contribution in [0.1, 0.15) is 17.2 Å². The van der Waals surface area contributed by atoms with E-state index in [1.165, 1.54) is 4.70 Å². The molecule has 3 heteroatoms. The molecule has 0 aliphatic carbocycles. The van der Waals surface area contributed by atoms with Gasteiger partial charge < -0.3 is 5.11 Å². The molecule has 1 heterocycles. The molecule has 3 rings (SSSR count). The summed E-state index contributed by atoms with van der Waals surface area (Å²) < 4.78 is 2.29. The minimum absolute atomic E-state index is 0.447. The number of halogens is 1. The first-order valence-corrected chi connectivity index (χ1v) is 7.80. The summed E-state index contributed by atoms with van der Waals surface area (Å²) in [6.45, 7) is 0. The summed E-state index contributed by atoms with van der Waals surface area (Å²) in [5.41, 5.74) is 2.18. The highest BCUT2D eigenvalue weighted by atomic mass is 79.9. The second-order valence-corrected chi connectivity index (χ2v) is 6.36. The average Bonchev–Trinajstić information content (AvgIpc) is 2.85. The van der Waals surface area contributed by atoms with Crippen LogP contribution in [0.3, 0.4) is 0 Å². The summed E-state index contributed by atoms with van der Waals surface area (Å²) in [5, 5.41) is 13.7. The molecule has 0 saturated carbocycles. The van der Waals surface area contributed by atoms with Crippen molar-refractivity contribution in [3.05, 3.63) is 69.5 Å². The molecule has 0 spiro atoms. The molecule has 0 fully saturated rings. The molecule has 0 amide bonds. The van der Waals surface area contributed by atoms with Gasteiger partial charge in [-0.15, -0.1) is 11.3 Å². The van der Waals surface area contributed by atoms with Crippen molar-refractivity contribution in [2.75, 3.05) is 0 Å². The number of aliphatic hydroxyl groups excluding tert-OH is 1. The third kappa shape index (κ3) is 2.73. The largest absolute Gasteiger partial charge is 0.388 e. The van der Waals surface area contributed by atoms with Crippen LogP contribution in [0, 0.1) is 0 Å². The molecule has 3 aromatic rings. The molecule has 0 aliphatic rings. The van der Waals surface area contributed by atoms with Gasteiger partial charge in [0.15, 0.2) is 0 Å². The van der Waals surface area contributed by atoms with Gasteiger partial charge in [0, 0.05) is 15.6 Å². The molecular formula is C16H13BrOS. The highest BCUT2D eigenvalue weighted by Gasteiger charge is 2.13. The third-order valence-electron chi connectivity index (χ3n) is 3.21. The lowest BCUT2D eigenvalue weighted by molar-refractivity contribution is 0.180. The first kappa shape index (κ1) is 12.9. The molecule has 0 saturated heterocycles. The van der Waals surface area contributed by atoms with Gasteiger partial charge in [0.1, 0.15) is 0 Å². The number of hydrogen-bond donors (Lipinski definition) is 1. The second-order valence-electron chi connectivity index (χ2n) is 4.53. The summed E-state index contributed by atoms with van der Waals surface area (Å²) in [6, 6.07) is 16.3. The van der Waals surface area contributed by atoms with E-state index in [1.807, 2.05) is 36.4 Å². The SMILES string of the molecule is OC(Cc1ccc(Br)cc1)c1csc2ccccc12. The van der Waals surface area contributed by atoms with Crippen LogP contribution in [0.15, 0.2) is 58.4 Å². The number of hydrogen-bond acceptors (Lipinski definition) is 2. The van der Waals surface area contributed by atoms with E-state index in [1.54, 1.807) is 11.3 Å². The summed E-state index contributed by atoms with van der Waals surface area (Å²) >= 11 is 5.11. The molecule has 0 radical (unpaired) electrons. The quantitative estimate of drug-likeness (QED) is 0.720. The van der Waals surface area contributed by atoms with E-state index in [2.05, 4.69) is 33.4 Å². The van der Waals surface area contributed by atoms with Gasteiger partial charge in [0.25, 0.3) is 0 Å². The number of benzene rings is 2. The first-order chi connectivity index (χ1) is 9.24. The zero-order chi connectivity index (χ0) is 13.2. The second kappa shape index (κ2) is 5.45. The molecule has 96 valence electrons. The molecule has 2 aromatic carbocycles. The van der Waals surface area contributed by atoms with E-state index in [9.17, 15) is 5.11 Å². The van der Waals surface area contributed by atoms with Gasteiger partial charge in [0.2, 0.25) is 0 Å². The molecular weight excluding hydrogens is 320 g/mol. The standard InChI is InChI=1S/C16H13BrOS/c17-12-7-5-11(6-8-12)9-15(18)14-10-19-16-4-2-1-3-13(14)16/h1-8,10,15,18H,9H2. The maximum Gasteiger partial charge on any atom is 0.0844 e. The lowest BCUT2D eigenvalue weighted by Gasteiger charge is -2.10. The van der Waals surface area contributed by atoms with Crippen molar-refractivity contribution in [3.63, 3.8) is 0 Å². The number of thiophene rings is 1. The third-order valence-corrected chi connectivity index (χ3v) is 4.72. The van der Waals surface area contributed by atoms with Crippen molar-refractivity contribution < 1.29 is 5.11 Å². The molecule has 1 N–H and O–H groups in total. The van der Waals surface area contributed by atoms with Crippen LogP contribution in [-0.2, 0) is 6.42 Å². The minimum Gasteiger partial charge on any atom is -0.388 e. The van der Waals surface area contributed by atoms with Gasteiger partial charge in [-0.05, 0) is 40.1 Å². The van der Waals surface area contributed by atoms with Crippen molar-refractivity contribution in [3.8, 4) is 0 Å². The van der Waals surface area contributed by atoms with E-state index >= 15 is 0 Å². The maximum absolute atomic E-state index is 10.4. The number of fused-ring (bicyclic) bond motifs is 1.